The minimum absolute atomic E-state index is 0.143. The van der Waals surface area contributed by atoms with Gasteiger partial charge in [0.2, 0.25) is 5.91 Å². The van der Waals surface area contributed by atoms with E-state index in [4.69, 9.17) is 9.15 Å². The number of aromatic nitrogens is 1. The summed E-state index contributed by atoms with van der Waals surface area (Å²) >= 11 is 0. The monoisotopic (exact) mass is 401 g/mol. The van der Waals surface area contributed by atoms with Gasteiger partial charge in [-0.15, -0.1) is 0 Å². The summed E-state index contributed by atoms with van der Waals surface area (Å²) in [6, 6.07) is 7.98. The van der Waals surface area contributed by atoms with E-state index in [-0.39, 0.29) is 18.9 Å². The Bertz CT molecular complexity index is 832. The van der Waals surface area contributed by atoms with Gasteiger partial charge in [-0.1, -0.05) is 29.8 Å². The molecule has 0 fully saturated rings. The lowest BCUT2D eigenvalue weighted by Crippen LogP contribution is -2.52. The summed E-state index contributed by atoms with van der Waals surface area (Å²) in [4.78, 5) is 28.3. The van der Waals surface area contributed by atoms with Crippen molar-refractivity contribution in [1.29, 1.82) is 0 Å². The Labute approximate surface area is 172 Å². The van der Waals surface area contributed by atoms with E-state index in [1.165, 1.54) is 5.56 Å². The average molecular weight is 402 g/mol. The lowest BCUT2D eigenvalue weighted by molar-refractivity contribution is -0.122. The van der Waals surface area contributed by atoms with E-state index >= 15 is 0 Å². The number of alkyl carbamates (subject to hydrolysis) is 1. The Balaban J connectivity index is 1.80. The summed E-state index contributed by atoms with van der Waals surface area (Å²) in [6.07, 6.45) is 1.80. The molecule has 2 rings (SSSR count). The fourth-order valence-corrected chi connectivity index (χ4v) is 2.59. The molecular formula is C22H31N3O4. The molecule has 0 saturated carbocycles. The molecule has 1 aromatic carbocycles. The van der Waals surface area contributed by atoms with E-state index in [1.807, 2.05) is 45.0 Å². The third-order valence-electron chi connectivity index (χ3n) is 4.01. The van der Waals surface area contributed by atoms with E-state index < -0.39 is 17.2 Å². The van der Waals surface area contributed by atoms with E-state index in [0.29, 0.717) is 18.1 Å². The van der Waals surface area contributed by atoms with Gasteiger partial charge in [-0.2, -0.15) is 0 Å². The number of hydrogen-bond acceptors (Lipinski definition) is 5. The van der Waals surface area contributed by atoms with Gasteiger partial charge in [-0.05, 0) is 41.5 Å². The smallest absolute Gasteiger partial charge is 0.407 e. The fourth-order valence-electron chi connectivity index (χ4n) is 2.59. The molecule has 2 aromatic rings. The molecule has 0 aliphatic carbocycles. The first kappa shape index (κ1) is 22.5. The van der Waals surface area contributed by atoms with Crippen LogP contribution in [0.3, 0.4) is 0 Å². The maximum atomic E-state index is 12.3. The maximum Gasteiger partial charge on any atom is 0.407 e. The normalized spacial score (nSPS) is 11.8. The SMILES string of the molecule is Cc1ccc(-c2cnc(CCC(=O)NC(C)(C)CNC(=O)OC(C)(C)C)o2)cc1. The van der Waals surface area contributed by atoms with Gasteiger partial charge in [0.15, 0.2) is 11.7 Å². The number of carbonyl (C=O) groups excluding carboxylic acids is 2. The molecule has 158 valence electrons. The highest BCUT2D eigenvalue weighted by molar-refractivity contribution is 5.77. The number of benzene rings is 1. The molecule has 0 radical (unpaired) electrons. The first-order valence-electron chi connectivity index (χ1n) is 9.73. The highest BCUT2D eigenvalue weighted by Crippen LogP contribution is 2.21. The molecule has 1 aromatic heterocycles. The van der Waals surface area contributed by atoms with Crippen molar-refractivity contribution in [3.05, 3.63) is 41.9 Å². The summed E-state index contributed by atoms with van der Waals surface area (Å²) in [5, 5.41) is 5.59. The molecule has 7 nitrogen and oxygen atoms in total. The second-order valence-corrected chi connectivity index (χ2v) is 8.77. The number of nitrogens with one attached hydrogen (secondary N) is 2. The quantitative estimate of drug-likeness (QED) is 0.731. The molecule has 0 aliphatic heterocycles. The van der Waals surface area contributed by atoms with Crippen molar-refractivity contribution < 1.29 is 18.7 Å². The van der Waals surface area contributed by atoms with Crippen LogP contribution in [-0.4, -0.2) is 34.7 Å². The van der Waals surface area contributed by atoms with Crippen molar-refractivity contribution in [1.82, 2.24) is 15.6 Å². The molecule has 0 atom stereocenters. The molecule has 2 N–H and O–H groups in total. The second-order valence-electron chi connectivity index (χ2n) is 8.77. The van der Waals surface area contributed by atoms with Crippen LogP contribution >= 0.6 is 0 Å². The Hall–Kier alpha value is -2.83. The summed E-state index contributed by atoms with van der Waals surface area (Å²) in [5.41, 5.74) is 0.949. The molecule has 1 heterocycles. The van der Waals surface area contributed by atoms with Crippen LogP contribution in [0.25, 0.3) is 11.3 Å². The summed E-state index contributed by atoms with van der Waals surface area (Å²) < 4.78 is 11.0. The van der Waals surface area contributed by atoms with Gasteiger partial charge in [-0.3, -0.25) is 4.79 Å². The Morgan fingerprint density at radius 2 is 1.76 bits per heavy atom. The van der Waals surface area contributed by atoms with Gasteiger partial charge in [0.25, 0.3) is 0 Å². The molecule has 7 heteroatoms. The number of rotatable bonds is 7. The van der Waals surface area contributed by atoms with Crippen LogP contribution in [-0.2, 0) is 16.0 Å². The van der Waals surface area contributed by atoms with Crippen molar-refractivity contribution in [2.45, 2.75) is 65.5 Å². The van der Waals surface area contributed by atoms with Gasteiger partial charge >= 0.3 is 6.09 Å². The zero-order valence-corrected chi connectivity index (χ0v) is 18.1. The Morgan fingerprint density at radius 1 is 1.10 bits per heavy atom. The topological polar surface area (TPSA) is 93.5 Å². The van der Waals surface area contributed by atoms with Crippen molar-refractivity contribution in [3.63, 3.8) is 0 Å². The van der Waals surface area contributed by atoms with Crippen LogP contribution in [0.1, 0.15) is 52.5 Å². The van der Waals surface area contributed by atoms with Gasteiger partial charge in [0.1, 0.15) is 5.60 Å². The van der Waals surface area contributed by atoms with Crippen molar-refractivity contribution >= 4 is 12.0 Å². The highest BCUT2D eigenvalue weighted by Gasteiger charge is 2.23. The largest absolute Gasteiger partial charge is 0.444 e. The highest BCUT2D eigenvalue weighted by atomic mass is 16.6. The molecule has 0 aliphatic rings. The predicted molar refractivity (Wildman–Crippen MR) is 111 cm³/mol. The standard InChI is InChI=1S/C22H31N3O4/c1-15-7-9-16(10-8-15)17-13-23-19(28-17)12-11-18(26)25-22(5,6)14-24-20(27)29-21(2,3)4/h7-10,13H,11-12,14H2,1-6H3,(H,24,27)(H,25,26). The van der Waals surface area contributed by atoms with E-state index in [9.17, 15) is 9.59 Å². The van der Waals surface area contributed by atoms with Crippen LogP contribution in [0.5, 0.6) is 0 Å². The second kappa shape index (κ2) is 9.11. The number of aryl methyl sites for hydroxylation is 2. The Kier molecular flexibility index (Phi) is 7.06. The first-order valence-corrected chi connectivity index (χ1v) is 9.73. The van der Waals surface area contributed by atoms with Crippen LogP contribution in [0, 0.1) is 6.92 Å². The zero-order chi connectivity index (χ0) is 21.7. The van der Waals surface area contributed by atoms with E-state index in [2.05, 4.69) is 15.6 Å². The molecule has 0 unspecified atom stereocenters. The third kappa shape index (κ3) is 7.97. The van der Waals surface area contributed by atoms with Crippen molar-refractivity contribution in [2.24, 2.45) is 0 Å². The van der Waals surface area contributed by atoms with Crippen LogP contribution < -0.4 is 10.6 Å². The zero-order valence-electron chi connectivity index (χ0n) is 18.1. The Morgan fingerprint density at radius 3 is 2.38 bits per heavy atom. The summed E-state index contributed by atoms with van der Waals surface area (Å²) in [5.74, 6) is 1.05. The summed E-state index contributed by atoms with van der Waals surface area (Å²) in [6.45, 7) is 11.3. The van der Waals surface area contributed by atoms with Gasteiger partial charge in [0, 0.05) is 24.9 Å². The van der Waals surface area contributed by atoms with Gasteiger partial charge in [-0.25, -0.2) is 9.78 Å². The molecule has 29 heavy (non-hydrogen) atoms. The average Bonchev–Trinajstić information content (AvgIpc) is 3.06. The number of oxazole rings is 1. The molecule has 2 amide bonds. The van der Waals surface area contributed by atoms with Gasteiger partial charge in [0.05, 0.1) is 11.7 Å². The molecular weight excluding hydrogens is 370 g/mol. The predicted octanol–water partition coefficient (Wildman–Crippen LogP) is 4.00. The van der Waals surface area contributed by atoms with Crippen LogP contribution in [0.15, 0.2) is 34.9 Å². The number of amides is 2. The van der Waals surface area contributed by atoms with Crippen molar-refractivity contribution in [2.75, 3.05) is 6.54 Å². The molecule has 0 saturated heterocycles. The number of carbonyl (C=O) groups is 2. The van der Waals surface area contributed by atoms with E-state index in [1.54, 1.807) is 27.0 Å². The van der Waals surface area contributed by atoms with Gasteiger partial charge < -0.3 is 19.8 Å². The number of nitrogens with zero attached hydrogens (tertiary/aromatic N) is 1. The first-order chi connectivity index (χ1) is 13.4. The molecule has 0 spiro atoms. The van der Waals surface area contributed by atoms with Crippen LogP contribution in [0.4, 0.5) is 4.79 Å². The minimum Gasteiger partial charge on any atom is -0.444 e. The minimum atomic E-state index is -0.613. The molecule has 0 bridgehead atoms. The fraction of sp³-hybridized carbons (Fsp3) is 0.500. The number of hydrogen-bond donors (Lipinski definition) is 2. The maximum absolute atomic E-state index is 12.3. The number of ether oxygens (including phenoxy) is 1. The third-order valence-corrected chi connectivity index (χ3v) is 4.01. The lowest BCUT2D eigenvalue weighted by Gasteiger charge is -2.27. The lowest BCUT2D eigenvalue weighted by atomic mass is 10.1. The van der Waals surface area contributed by atoms with Crippen molar-refractivity contribution in [3.8, 4) is 11.3 Å². The van der Waals surface area contributed by atoms with Crippen LogP contribution in [0.2, 0.25) is 0 Å². The van der Waals surface area contributed by atoms with E-state index in [0.717, 1.165) is 5.56 Å². The summed E-state index contributed by atoms with van der Waals surface area (Å²) in [7, 11) is 0.